The van der Waals surface area contributed by atoms with Crippen molar-refractivity contribution in [2.75, 3.05) is 0 Å². The quantitative estimate of drug-likeness (QED) is 0.367. The molecular weight excluding hydrogens is 412 g/mol. The lowest BCUT2D eigenvalue weighted by Gasteiger charge is -2.09. The molecule has 5 heteroatoms. The summed E-state index contributed by atoms with van der Waals surface area (Å²) < 4.78 is 1.99. The molecule has 0 saturated heterocycles. The molecule has 4 aromatic rings. The van der Waals surface area contributed by atoms with E-state index in [2.05, 4.69) is 49.2 Å². The SMILES string of the molecule is Cc1ccc(-c2c(-c3ccccc3)sc(=NC(=O)c3ccccc3Cl)n2C)cc1C. The molecule has 0 atom stereocenters. The predicted octanol–water partition coefficient (Wildman–Crippen LogP) is 6.43. The minimum atomic E-state index is -0.344. The predicted molar refractivity (Wildman–Crippen MR) is 125 cm³/mol. The van der Waals surface area contributed by atoms with Crippen LogP contribution in [0.2, 0.25) is 5.02 Å². The first kappa shape index (κ1) is 20.3. The van der Waals surface area contributed by atoms with Gasteiger partial charge in [-0.25, -0.2) is 0 Å². The Morgan fingerprint density at radius 1 is 0.900 bits per heavy atom. The average molecular weight is 433 g/mol. The molecule has 3 nitrogen and oxygen atoms in total. The summed E-state index contributed by atoms with van der Waals surface area (Å²) in [5.41, 5.74) is 6.11. The van der Waals surface area contributed by atoms with Gasteiger partial charge in [-0.1, -0.05) is 77.5 Å². The number of rotatable bonds is 3. The van der Waals surface area contributed by atoms with Gasteiger partial charge in [-0.05, 0) is 54.3 Å². The van der Waals surface area contributed by atoms with Crippen LogP contribution in [0.15, 0.2) is 77.8 Å². The second-order valence-electron chi connectivity index (χ2n) is 7.18. The van der Waals surface area contributed by atoms with E-state index in [9.17, 15) is 4.79 Å². The van der Waals surface area contributed by atoms with E-state index in [1.165, 1.54) is 22.5 Å². The molecule has 4 rings (SSSR count). The highest BCUT2D eigenvalue weighted by Gasteiger charge is 2.17. The summed E-state index contributed by atoms with van der Waals surface area (Å²) in [4.78, 5) is 18.9. The zero-order chi connectivity index (χ0) is 21.3. The van der Waals surface area contributed by atoms with Gasteiger partial charge in [0.25, 0.3) is 5.91 Å². The average Bonchev–Trinajstić information content (AvgIpc) is 3.07. The Hall–Kier alpha value is -2.95. The van der Waals surface area contributed by atoms with E-state index in [4.69, 9.17) is 11.6 Å². The van der Waals surface area contributed by atoms with Gasteiger partial charge in [0.05, 0.1) is 21.2 Å². The summed E-state index contributed by atoms with van der Waals surface area (Å²) in [7, 11) is 1.95. The Labute approximate surface area is 184 Å². The molecule has 0 aliphatic rings. The van der Waals surface area contributed by atoms with Crippen molar-refractivity contribution in [1.82, 2.24) is 4.57 Å². The summed E-state index contributed by atoms with van der Waals surface area (Å²) in [5.74, 6) is -0.344. The molecule has 1 heterocycles. The number of nitrogens with zero attached hydrogens (tertiary/aromatic N) is 2. The van der Waals surface area contributed by atoms with Crippen molar-refractivity contribution >= 4 is 28.8 Å². The number of aryl methyl sites for hydroxylation is 2. The molecule has 0 aliphatic carbocycles. The van der Waals surface area contributed by atoms with Gasteiger partial charge in [-0.15, -0.1) is 0 Å². The highest BCUT2D eigenvalue weighted by molar-refractivity contribution is 7.13. The molecule has 0 bridgehead atoms. The fourth-order valence-corrected chi connectivity index (χ4v) is 4.70. The number of hydrogen-bond acceptors (Lipinski definition) is 2. The van der Waals surface area contributed by atoms with E-state index in [0.717, 1.165) is 21.7 Å². The summed E-state index contributed by atoms with van der Waals surface area (Å²) in [6.07, 6.45) is 0. The molecule has 0 unspecified atom stereocenters. The standard InChI is InChI=1S/C25H21ClN2OS/c1-16-13-14-19(15-17(16)2)22-23(18-9-5-4-6-10-18)30-25(28(22)3)27-24(29)20-11-7-8-12-21(20)26/h4-15H,1-3H3. The van der Waals surface area contributed by atoms with Crippen LogP contribution >= 0.6 is 22.9 Å². The van der Waals surface area contributed by atoms with E-state index in [1.54, 1.807) is 24.3 Å². The second-order valence-corrected chi connectivity index (χ2v) is 8.57. The lowest BCUT2D eigenvalue weighted by Crippen LogP contribution is -2.14. The van der Waals surface area contributed by atoms with E-state index in [-0.39, 0.29) is 5.91 Å². The smallest absolute Gasteiger partial charge is 0.281 e. The molecule has 30 heavy (non-hydrogen) atoms. The molecule has 0 aliphatic heterocycles. The van der Waals surface area contributed by atoms with Crippen molar-refractivity contribution in [1.29, 1.82) is 0 Å². The number of hydrogen-bond donors (Lipinski definition) is 0. The molecule has 0 saturated carbocycles. The van der Waals surface area contributed by atoms with Crippen LogP contribution in [0.3, 0.4) is 0 Å². The lowest BCUT2D eigenvalue weighted by atomic mass is 10.0. The third-order valence-corrected chi connectivity index (χ3v) is 6.66. The molecule has 1 aromatic heterocycles. The third-order valence-electron chi connectivity index (χ3n) is 5.15. The van der Waals surface area contributed by atoms with E-state index >= 15 is 0 Å². The first-order chi connectivity index (χ1) is 14.5. The number of carbonyl (C=O) groups is 1. The molecule has 0 radical (unpaired) electrons. The van der Waals surface area contributed by atoms with Crippen molar-refractivity contribution < 1.29 is 4.79 Å². The monoisotopic (exact) mass is 432 g/mol. The maximum absolute atomic E-state index is 12.8. The topological polar surface area (TPSA) is 34.4 Å². The van der Waals surface area contributed by atoms with Gasteiger partial charge in [-0.2, -0.15) is 4.99 Å². The van der Waals surface area contributed by atoms with Crippen molar-refractivity contribution in [2.24, 2.45) is 12.0 Å². The van der Waals surface area contributed by atoms with Crippen molar-refractivity contribution in [3.05, 3.63) is 99.3 Å². The molecule has 0 spiro atoms. The minimum absolute atomic E-state index is 0.344. The van der Waals surface area contributed by atoms with Gasteiger partial charge < -0.3 is 4.57 Å². The van der Waals surface area contributed by atoms with Gasteiger partial charge in [-0.3, -0.25) is 4.79 Å². The fraction of sp³-hybridized carbons (Fsp3) is 0.120. The van der Waals surface area contributed by atoms with Crippen LogP contribution in [0.25, 0.3) is 21.7 Å². The number of aromatic nitrogens is 1. The van der Waals surface area contributed by atoms with Crippen LogP contribution in [0.4, 0.5) is 0 Å². The van der Waals surface area contributed by atoms with Gasteiger partial charge in [0, 0.05) is 7.05 Å². The zero-order valence-electron chi connectivity index (χ0n) is 17.0. The maximum Gasteiger partial charge on any atom is 0.281 e. The van der Waals surface area contributed by atoms with Gasteiger partial charge in [0.15, 0.2) is 4.80 Å². The van der Waals surface area contributed by atoms with Crippen LogP contribution in [0.1, 0.15) is 21.5 Å². The first-order valence-corrected chi connectivity index (χ1v) is 10.8. The molecule has 0 fully saturated rings. The highest BCUT2D eigenvalue weighted by atomic mass is 35.5. The third kappa shape index (κ3) is 3.89. The maximum atomic E-state index is 12.8. The Balaban J connectivity index is 1.94. The van der Waals surface area contributed by atoms with Crippen LogP contribution in [-0.4, -0.2) is 10.5 Å². The summed E-state index contributed by atoms with van der Waals surface area (Å²) in [6, 6.07) is 23.6. The van der Waals surface area contributed by atoms with Crippen LogP contribution in [0, 0.1) is 13.8 Å². The molecule has 1 amide bonds. The van der Waals surface area contributed by atoms with E-state index in [0.29, 0.717) is 15.4 Å². The number of amides is 1. The zero-order valence-corrected chi connectivity index (χ0v) is 18.6. The normalized spacial score (nSPS) is 11.7. The summed E-state index contributed by atoms with van der Waals surface area (Å²) >= 11 is 7.71. The van der Waals surface area contributed by atoms with Gasteiger partial charge in [0.2, 0.25) is 0 Å². The molecule has 150 valence electrons. The fourth-order valence-electron chi connectivity index (χ4n) is 3.33. The number of benzene rings is 3. The van der Waals surface area contributed by atoms with E-state index < -0.39 is 0 Å². The van der Waals surface area contributed by atoms with Gasteiger partial charge in [0.1, 0.15) is 0 Å². The Morgan fingerprint density at radius 2 is 1.60 bits per heavy atom. The minimum Gasteiger partial charge on any atom is -0.319 e. The Bertz CT molecular complexity index is 1300. The molecule has 0 N–H and O–H groups in total. The van der Waals surface area contributed by atoms with Crippen molar-refractivity contribution in [2.45, 2.75) is 13.8 Å². The van der Waals surface area contributed by atoms with Crippen LogP contribution in [0.5, 0.6) is 0 Å². The number of halogens is 1. The molecular formula is C25H21ClN2OS. The second kappa shape index (κ2) is 8.42. The van der Waals surface area contributed by atoms with Crippen LogP contribution in [-0.2, 0) is 7.05 Å². The highest BCUT2D eigenvalue weighted by Crippen LogP contribution is 2.35. The summed E-state index contributed by atoms with van der Waals surface area (Å²) in [5, 5.41) is 0.406. The lowest BCUT2D eigenvalue weighted by molar-refractivity contribution is 0.0998. The van der Waals surface area contributed by atoms with Crippen LogP contribution < -0.4 is 4.80 Å². The molecule has 3 aromatic carbocycles. The Morgan fingerprint density at radius 3 is 2.30 bits per heavy atom. The van der Waals surface area contributed by atoms with Gasteiger partial charge >= 0.3 is 0 Å². The number of thiazole rings is 1. The van der Waals surface area contributed by atoms with Crippen molar-refractivity contribution in [3.63, 3.8) is 0 Å². The first-order valence-electron chi connectivity index (χ1n) is 9.62. The van der Waals surface area contributed by atoms with E-state index in [1.807, 2.05) is 29.8 Å². The number of carbonyl (C=O) groups excluding carboxylic acids is 1. The largest absolute Gasteiger partial charge is 0.319 e. The summed E-state index contributed by atoms with van der Waals surface area (Å²) in [6.45, 7) is 4.22. The Kier molecular flexibility index (Phi) is 5.71. The van der Waals surface area contributed by atoms with Crippen molar-refractivity contribution in [3.8, 4) is 21.7 Å².